The van der Waals surface area contributed by atoms with Gasteiger partial charge < -0.3 is 33.2 Å². The molecule has 0 saturated carbocycles. The van der Waals surface area contributed by atoms with Crippen LogP contribution < -0.4 is 14.2 Å². The van der Waals surface area contributed by atoms with Gasteiger partial charge in [0.2, 0.25) is 0 Å². The molecule has 7 aromatic carbocycles. The Morgan fingerprint density at radius 3 is 1.20 bits per heavy atom. The van der Waals surface area contributed by atoms with Gasteiger partial charge in [0.05, 0.1) is 21.3 Å². The van der Waals surface area contributed by atoms with Crippen LogP contribution in [0.2, 0.25) is 0 Å². The summed E-state index contributed by atoms with van der Waals surface area (Å²) in [6.07, 6.45) is -4.53. The maximum absolute atomic E-state index is 14.6. The Balaban J connectivity index is 1.31. The number of carbonyl (C=O) groups is 2. The fourth-order valence-electron chi connectivity index (χ4n) is 7.51. The second-order valence-corrected chi connectivity index (χ2v) is 13.1. The summed E-state index contributed by atoms with van der Waals surface area (Å²) in [6.45, 7) is 1.66. The highest BCUT2D eigenvalue weighted by Crippen LogP contribution is 2.43. The van der Waals surface area contributed by atoms with Gasteiger partial charge in [-0.05, 0) is 68.2 Å². The van der Waals surface area contributed by atoms with Crippen LogP contribution in [0.4, 0.5) is 0 Å². The van der Waals surface area contributed by atoms with Crippen molar-refractivity contribution in [1.29, 1.82) is 0 Å². The van der Waals surface area contributed by atoms with Crippen molar-refractivity contribution in [2.24, 2.45) is 0 Å². The molecule has 280 valence electrons. The van der Waals surface area contributed by atoms with Crippen LogP contribution in [0.15, 0.2) is 121 Å². The van der Waals surface area contributed by atoms with Gasteiger partial charge in [0.25, 0.3) is 0 Å². The number of hydrogen-bond donors (Lipinski definition) is 0. The third-order valence-electron chi connectivity index (χ3n) is 10.1. The number of hydrogen-bond acceptors (Lipinski definition) is 9. The van der Waals surface area contributed by atoms with Crippen molar-refractivity contribution in [2.75, 3.05) is 35.5 Å². The van der Waals surface area contributed by atoms with Gasteiger partial charge in [-0.15, -0.1) is 0 Å². The number of fused-ring (bicyclic) bond motifs is 4. The first kappa shape index (κ1) is 37.2. The molecule has 0 heterocycles. The van der Waals surface area contributed by atoms with E-state index in [-0.39, 0.29) is 0 Å². The zero-order valence-electron chi connectivity index (χ0n) is 31.5. The van der Waals surface area contributed by atoms with Gasteiger partial charge in [-0.1, -0.05) is 97.1 Å². The Hall–Kier alpha value is -6.16. The van der Waals surface area contributed by atoms with Crippen molar-refractivity contribution < 1.29 is 42.7 Å². The molecule has 7 aromatic rings. The van der Waals surface area contributed by atoms with Crippen molar-refractivity contribution in [3.63, 3.8) is 0 Å². The minimum absolute atomic E-state index is 0.325. The molecule has 55 heavy (non-hydrogen) atoms. The second kappa shape index (κ2) is 16.1. The van der Waals surface area contributed by atoms with E-state index >= 15 is 0 Å². The summed E-state index contributed by atoms with van der Waals surface area (Å²) in [6, 6.07) is 38.7. The number of rotatable bonds is 13. The highest BCUT2D eigenvalue weighted by atomic mass is 16.6. The van der Waals surface area contributed by atoms with Crippen LogP contribution >= 0.6 is 0 Å². The van der Waals surface area contributed by atoms with Gasteiger partial charge in [0.15, 0.2) is 29.8 Å². The Bertz CT molecular complexity index is 2420. The first-order valence-corrected chi connectivity index (χ1v) is 17.9. The predicted octanol–water partition coefficient (Wildman–Crippen LogP) is 9.62. The molecule has 0 spiro atoms. The van der Waals surface area contributed by atoms with Gasteiger partial charge in [-0.3, -0.25) is 0 Å². The molecule has 0 amide bonds. The molecule has 0 fully saturated rings. The molecule has 7 rings (SSSR count). The molecule has 0 radical (unpaired) electrons. The Morgan fingerprint density at radius 1 is 0.455 bits per heavy atom. The van der Waals surface area contributed by atoms with E-state index < -0.39 is 36.4 Å². The number of benzene rings is 7. The summed E-state index contributed by atoms with van der Waals surface area (Å²) in [5, 5.41) is 7.18. The molecule has 0 N–H and O–H groups in total. The third kappa shape index (κ3) is 7.00. The first-order valence-electron chi connectivity index (χ1n) is 17.9. The lowest BCUT2D eigenvalue weighted by Gasteiger charge is -2.29. The lowest BCUT2D eigenvalue weighted by Crippen LogP contribution is -2.31. The van der Waals surface area contributed by atoms with Crippen molar-refractivity contribution in [1.82, 2.24) is 0 Å². The molecule has 0 aliphatic carbocycles. The molecule has 9 nitrogen and oxygen atoms in total. The van der Waals surface area contributed by atoms with Gasteiger partial charge >= 0.3 is 11.9 Å². The summed E-state index contributed by atoms with van der Waals surface area (Å²) in [7, 11) is 7.45. The molecule has 0 aliphatic heterocycles. The van der Waals surface area contributed by atoms with E-state index in [1.54, 1.807) is 19.1 Å². The SMILES string of the molecule is COc1cc(OC)c([C@@H](OC(=O)[C@H](OC)c2c3ccccc3cc3ccccc23)[C@H](C)OC(=O)[C@H](OC)c2c3ccccc3cc3ccccc23)cc1OC. The maximum atomic E-state index is 14.6. The number of carbonyl (C=O) groups excluding carboxylic acids is 2. The Labute approximate surface area is 319 Å². The quantitative estimate of drug-likeness (QED) is 0.0846. The Morgan fingerprint density at radius 2 is 0.818 bits per heavy atom. The summed E-state index contributed by atoms with van der Waals surface area (Å²) in [4.78, 5) is 29.0. The number of methoxy groups -OCH3 is 5. The van der Waals surface area contributed by atoms with Crippen molar-refractivity contribution in [3.05, 3.63) is 138 Å². The summed E-state index contributed by atoms with van der Waals surface area (Å²) in [5.74, 6) is -0.279. The van der Waals surface area contributed by atoms with Crippen LogP contribution in [-0.4, -0.2) is 53.6 Å². The second-order valence-electron chi connectivity index (χ2n) is 13.1. The average molecular weight is 739 g/mol. The average Bonchev–Trinajstić information content (AvgIpc) is 3.22. The van der Waals surface area contributed by atoms with Gasteiger partial charge in [0, 0.05) is 37.0 Å². The van der Waals surface area contributed by atoms with Crippen LogP contribution in [0.25, 0.3) is 43.1 Å². The van der Waals surface area contributed by atoms with Crippen LogP contribution in [0.3, 0.4) is 0 Å². The number of esters is 2. The summed E-state index contributed by atoms with van der Waals surface area (Å²) in [5.41, 5.74) is 1.72. The van der Waals surface area contributed by atoms with Gasteiger partial charge in [-0.2, -0.15) is 0 Å². The largest absolute Gasteiger partial charge is 0.496 e. The molecule has 4 atom stereocenters. The minimum atomic E-state index is -1.20. The zero-order valence-corrected chi connectivity index (χ0v) is 31.5. The van der Waals surface area contributed by atoms with Crippen LogP contribution in [0.1, 0.15) is 41.9 Å². The smallest absolute Gasteiger partial charge is 0.340 e. The lowest BCUT2D eigenvalue weighted by molar-refractivity contribution is -0.180. The zero-order chi connectivity index (χ0) is 38.6. The van der Waals surface area contributed by atoms with Crippen molar-refractivity contribution in [3.8, 4) is 17.2 Å². The molecule has 9 heteroatoms. The van der Waals surface area contributed by atoms with Crippen LogP contribution in [0.5, 0.6) is 17.2 Å². The van der Waals surface area contributed by atoms with E-state index in [2.05, 4.69) is 12.1 Å². The number of ether oxygens (including phenoxy) is 7. The highest BCUT2D eigenvalue weighted by Gasteiger charge is 2.37. The molecular weight excluding hydrogens is 696 g/mol. The minimum Gasteiger partial charge on any atom is -0.496 e. The van der Waals surface area contributed by atoms with Gasteiger partial charge in [0.1, 0.15) is 11.9 Å². The van der Waals surface area contributed by atoms with Gasteiger partial charge in [-0.25, -0.2) is 9.59 Å². The maximum Gasteiger partial charge on any atom is 0.340 e. The monoisotopic (exact) mass is 738 g/mol. The first-order chi connectivity index (χ1) is 26.8. The fraction of sp³-hybridized carbons (Fsp3) is 0.217. The van der Waals surface area contributed by atoms with E-state index in [9.17, 15) is 9.59 Å². The standard InChI is InChI=1S/C46H42O9/c1-27(54-45(47)43(52-5)40-32-19-11-7-15-28(32)23-29-16-8-12-20-33(29)40)42(36-25-38(50-3)39(51-4)26-37(36)49-2)55-46(48)44(53-6)41-34-21-13-9-17-30(34)24-31-18-10-14-22-35(31)41/h7-27,42-44H,1-6H3/t27-,42-,43+,44+/m0/s1. The molecule has 0 unspecified atom stereocenters. The summed E-state index contributed by atoms with van der Waals surface area (Å²) < 4.78 is 41.6. The van der Waals surface area contributed by atoms with E-state index in [0.29, 0.717) is 33.9 Å². The topological polar surface area (TPSA) is 98.8 Å². The molecule has 0 aliphatic rings. The normalized spacial score (nSPS) is 13.6. The molecular formula is C46H42O9. The summed E-state index contributed by atoms with van der Waals surface area (Å²) >= 11 is 0. The molecule has 0 aromatic heterocycles. The molecule has 0 bridgehead atoms. The Kier molecular flexibility index (Phi) is 10.9. The van der Waals surface area contributed by atoms with E-state index in [4.69, 9.17) is 33.2 Å². The molecule has 0 saturated heterocycles. The lowest BCUT2D eigenvalue weighted by atomic mass is 9.93. The highest BCUT2D eigenvalue weighted by molar-refractivity contribution is 6.06. The van der Waals surface area contributed by atoms with Crippen molar-refractivity contribution >= 4 is 55.0 Å². The fourth-order valence-corrected chi connectivity index (χ4v) is 7.51. The predicted molar refractivity (Wildman–Crippen MR) is 213 cm³/mol. The van der Waals surface area contributed by atoms with E-state index in [1.807, 2.05) is 97.1 Å². The van der Waals surface area contributed by atoms with E-state index in [1.165, 1.54) is 35.5 Å². The van der Waals surface area contributed by atoms with Crippen molar-refractivity contribution in [2.45, 2.75) is 31.3 Å². The van der Waals surface area contributed by atoms with Crippen LogP contribution in [-0.2, 0) is 28.5 Å². The van der Waals surface area contributed by atoms with Crippen LogP contribution in [0, 0.1) is 0 Å². The third-order valence-corrected chi connectivity index (χ3v) is 10.1. The van der Waals surface area contributed by atoms with E-state index in [0.717, 1.165) is 43.1 Å².